The summed E-state index contributed by atoms with van der Waals surface area (Å²) in [5, 5.41) is 6.04. The van der Waals surface area contributed by atoms with Crippen LogP contribution in [0.3, 0.4) is 0 Å². The first-order valence-electron chi connectivity index (χ1n) is 6.78. The van der Waals surface area contributed by atoms with Crippen molar-refractivity contribution in [1.82, 2.24) is 5.32 Å². The van der Waals surface area contributed by atoms with Crippen molar-refractivity contribution in [3.8, 4) is 0 Å². The number of para-hydroxylation sites is 2. The van der Waals surface area contributed by atoms with Crippen molar-refractivity contribution in [3.63, 3.8) is 0 Å². The van der Waals surface area contributed by atoms with Crippen molar-refractivity contribution in [2.45, 2.75) is 6.54 Å². The minimum absolute atomic E-state index is 0.00382. The summed E-state index contributed by atoms with van der Waals surface area (Å²) in [6, 6.07) is 14.0. The van der Waals surface area contributed by atoms with Gasteiger partial charge in [0.25, 0.3) is 0 Å². The molecule has 0 radical (unpaired) electrons. The van der Waals surface area contributed by atoms with Crippen LogP contribution in [-0.2, 0) is 11.3 Å². The number of carbonyl (C=O) groups excluding carboxylic acids is 1. The van der Waals surface area contributed by atoms with Gasteiger partial charge in [-0.3, -0.25) is 4.79 Å². The number of fused-ring (bicyclic) bond motifs is 1. The van der Waals surface area contributed by atoms with Crippen molar-refractivity contribution in [2.24, 2.45) is 0 Å². The van der Waals surface area contributed by atoms with Gasteiger partial charge in [0.15, 0.2) is 0 Å². The Morgan fingerprint density at radius 3 is 2.86 bits per heavy atom. The Kier molecular flexibility index (Phi) is 3.94. The zero-order valence-corrected chi connectivity index (χ0v) is 13.3. The molecule has 0 saturated carbocycles. The number of nitrogens with one attached hydrogen (secondary N) is 2. The average molecular weight is 346 g/mol. The maximum Gasteiger partial charge on any atom is 0.244 e. The quantitative estimate of drug-likeness (QED) is 0.897. The second-order valence-electron chi connectivity index (χ2n) is 4.96. The van der Waals surface area contributed by atoms with E-state index in [1.165, 1.54) is 5.56 Å². The van der Waals surface area contributed by atoms with Gasteiger partial charge in [0.05, 0.1) is 11.4 Å². The number of rotatable bonds is 3. The van der Waals surface area contributed by atoms with E-state index in [-0.39, 0.29) is 5.91 Å². The largest absolute Gasteiger partial charge is 0.330 e. The summed E-state index contributed by atoms with van der Waals surface area (Å²) < 4.78 is 1.04. The second-order valence-corrected chi connectivity index (χ2v) is 5.81. The van der Waals surface area contributed by atoms with E-state index in [2.05, 4.69) is 38.7 Å². The molecule has 2 N–H and O–H groups in total. The molecule has 0 aromatic heterocycles. The van der Waals surface area contributed by atoms with Crippen LogP contribution in [0.4, 0.5) is 17.1 Å². The van der Waals surface area contributed by atoms with Gasteiger partial charge in [-0.15, -0.1) is 0 Å². The van der Waals surface area contributed by atoms with Crippen LogP contribution >= 0.6 is 15.9 Å². The number of amides is 1. The molecule has 0 saturated heterocycles. The first kappa shape index (κ1) is 14.1. The van der Waals surface area contributed by atoms with Gasteiger partial charge in [0.2, 0.25) is 5.91 Å². The highest BCUT2D eigenvalue weighted by atomic mass is 79.9. The Balaban J connectivity index is 2.01. The lowest BCUT2D eigenvalue weighted by Gasteiger charge is -2.31. The van der Waals surface area contributed by atoms with Gasteiger partial charge in [-0.2, -0.15) is 0 Å². The summed E-state index contributed by atoms with van der Waals surface area (Å²) in [5.74, 6) is 0.00382. The van der Waals surface area contributed by atoms with E-state index in [0.717, 1.165) is 28.1 Å². The normalized spacial score (nSPS) is 13.8. The van der Waals surface area contributed by atoms with Crippen molar-refractivity contribution >= 4 is 38.9 Å². The highest BCUT2D eigenvalue weighted by molar-refractivity contribution is 9.10. The summed E-state index contributed by atoms with van der Waals surface area (Å²) in [7, 11) is 1.92. The minimum Gasteiger partial charge on any atom is -0.330 e. The van der Waals surface area contributed by atoms with Crippen molar-refractivity contribution in [3.05, 3.63) is 52.5 Å². The van der Waals surface area contributed by atoms with Gasteiger partial charge >= 0.3 is 0 Å². The maximum atomic E-state index is 11.9. The number of benzene rings is 2. The number of halogens is 1. The SMILES string of the molecule is CNCc1ccc(N2CC(=O)Nc3ccccc32)cc1Br. The molecule has 1 amide bonds. The van der Waals surface area contributed by atoms with Crippen molar-refractivity contribution in [1.29, 1.82) is 0 Å². The van der Waals surface area contributed by atoms with Gasteiger partial charge in [-0.25, -0.2) is 0 Å². The molecule has 1 heterocycles. The standard InChI is InChI=1S/C16H16BrN3O/c1-18-9-11-6-7-12(8-13(11)17)20-10-16(21)19-14-4-2-3-5-15(14)20/h2-8,18H,9-10H2,1H3,(H,19,21). The molecular weight excluding hydrogens is 330 g/mol. The number of carbonyl (C=O) groups is 1. The van der Waals surface area contributed by atoms with Gasteiger partial charge in [0, 0.05) is 16.7 Å². The fourth-order valence-electron chi connectivity index (χ4n) is 2.50. The molecular formula is C16H16BrN3O. The summed E-state index contributed by atoms with van der Waals surface area (Å²) in [6.45, 7) is 1.13. The Morgan fingerprint density at radius 1 is 1.29 bits per heavy atom. The Labute approximate surface area is 132 Å². The van der Waals surface area contributed by atoms with Gasteiger partial charge in [-0.1, -0.05) is 34.1 Å². The lowest BCUT2D eigenvalue weighted by molar-refractivity contribution is -0.115. The highest BCUT2D eigenvalue weighted by Crippen LogP contribution is 2.36. The molecule has 0 spiro atoms. The van der Waals surface area contributed by atoms with Gasteiger partial charge in [-0.05, 0) is 36.9 Å². The summed E-state index contributed by atoms with van der Waals surface area (Å²) in [4.78, 5) is 13.9. The topological polar surface area (TPSA) is 44.4 Å². The summed E-state index contributed by atoms with van der Waals surface area (Å²) in [5.41, 5.74) is 4.06. The zero-order chi connectivity index (χ0) is 14.8. The number of anilines is 3. The smallest absolute Gasteiger partial charge is 0.244 e. The van der Waals surface area contributed by atoms with Crippen molar-refractivity contribution in [2.75, 3.05) is 23.8 Å². The first-order chi connectivity index (χ1) is 10.2. The van der Waals surface area contributed by atoms with Crippen LogP contribution in [0.25, 0.3) is 0 Å². The third-order valence-corrected chi connectivity index (χ3v) is 4.22. The van der Waals surface area contributed by atoms with Crippen LogP contribution in [0.5, 0.6) is 0 Å². The van der Waals surface area contributed by atoms with E-state index < -0.39 is 0 Å². The Bertz CT molecular complexity index is 687. The molecule has 0 aliphatic carbocycles. The van der Waals surface area contributed by atoms with Crippen LogP contribution in [-0.4, -0.2) is 19.5 Å². The molecule has 5 heteroatoms. The predicted molar refractivity (Wildman–Crippen MR) is 89.0 cm³/mol. The molecule has 3 rings (SSSR count). The average Bonchev–Trinajstić information content (AvgIpc) is 2.48. The molecule has 0 bridgehead atoms. The first-order valence-corrected chi connectivity index (χ1v) is 7.58. The van der Waals surface area contributed by atoms with Crippen molar-refractivity contribution < 1.29 is 4.79 Å². The highest BCUT2D eigenvalue weighted by Gasteiger charge is 2.23. The van der Waals surface area contributed by atoms with E-state index in [0.29, 0.717) is 6.54 Å². The van der Waals surface area contributed by atoms with E-state index in [4.69, 9.17) is 0 Å². The number of hydrogen-bond donors (Lipinski definition) is 2. The van der Waals surface area contributed by atoms with Crippen LogP contribution in [0.1, 0.15) is 5.56 Å². The number of hydrogen-bond acceptors (Lipinski definition) is 3. The van der Waals surface area contributed by atoms with Gasteiger partial charge < -0.3 is 15.5 Å². The second kappa shape index (κ2) is 5.87. The van der Waals surface area contributed by atoms with E-state index in [1.54, 1.807) is 0 Å². The molecule has 0 fully saturated rings. The molecule has 108 valence electrons. The molecule has 2 aromatic carbocycles. The third-order valence-electron chi connectivity index (χ3n) is 3.49. The van der Waals surface area contributed by atoms with Crippen LogP contribution in [0.2, 0.25) is 0 Å². The minimum atomic E-state index is 0.00382. The fourth-order valence-corrected chi connectivity index (χ4v) is 3.01. The Morgan fingerprint density at radius 2 is 2.10 bits per heavy atom. The van der Waals surface area contributed by atoms with Crippen LogP contribution in [0.15, 0.2) is 46.9 Å². The maximum absolute atomic E-state index is 11.9. The van der Waals surface area contributed by atoms with E-state index >= 15 is 0 Å². The molecule has 2 aromatic rings. The Hall–Kier alpha value is -1.85. The van der Waals surface area contributed by atoms with Gasteiger partial charge in [0.1, 0.15) is 6.54 Å². The van der Waals surface area contributed by atoms with Crippen LogP contribution in [0, 0.1) is 0 Å². The molecule has 1 aliphatic heterocycles. The number of nitrogens with zero attached hydrogens (tertiary/aromatic N) is 1. The molecule has 0 atom stereocenters. The lowest BCUT2D eigenvalue weighted by atomic mass is 10.1. The lowest BCUT2D eigenvalue weighted by Crippen LogP contribution is -2.35. The predicted octanol–water partition coefficient (Wildman–Crippen LogP) is 3.26. The monoisotopic (exact) mass is 345 g/mol. The molecule has 21 heavy (non-hydrogen) atoms. The molecule has 4 nitrogen and oxygen atoms in total. The fraction of sp³-hybridized carbons (Fsp3) is 0.188. The zero-order valence-electron chi connectivity index (χ0n) is 11.7. The molecule has 1 aliphatic rings. The third kappa shape index (κ3) is 2.80. The van der Waals surface area contributed by atoms with E-state index in [9.17, 15) is 4.79 Å². The summed E-state index contributed by atoms with van der Waals surface area (Å²) in [6.07, 6.45) is 0. The molecule has 0 unspecified atom stereocenters. The van der Waals surface area contributed by atoms with E-state index in [1.807, 2.05) is 42.3 Å². The van der Waals surface area contributed by atoms with Crippen LogP contribution < -0.4 is 15.5 Å². The summed E-state index contributed by atoms with van der Waals surface area (Å²) >= 11 is 3.60.